The number of nitrogens with zero attached hydrogens (tertiary/aromatic N) is 1. The summed E-state index contributed by atoms with van der Waals surface area (Å²) in [4.78, 5) is 4.67. The van der Waals surface area contributed by atoms with Crippen LogP contribution in [0.2, 0.25) is 0 Å². The first-order valence-electron chi connectivity index (χ1n) is 9.06. The largest absolute Gasteiger partial charge is 0.388 e. The third kappa shape index (κ3) is 7.33. The zero-order valence-corrected chi connectivity index (χ0v) is 17.9. The van der Waals surface area contributed by atoms with Crippen LogP contribution in [0, 0.1) is 0 Å². The molecule has 0 saturated heterocycles. The van der Waals surface area contributed by atoms with Gasteiger partial charge in [0, 0.05) is 13.1 Å². The molecule has 1 unspecified atom stereocenters. The second kappa shape index (κ2) is 12.7. The van der Waals surface area contributed by atoms with E-state index in [1.165, 1.54) is 11.1 Å². The molecule has 0 spiro atoms. The summed E-state index contributed by atoms with van der Waals surface area (Å²) < 4.78 is 0. The number of guanidine groups is 1. The zero-order valence-electron chi connectivity index (χ0n) is 15.6. The summed E-state index contributed by atoms with van der Waals surface area (Å²) in [6.07, 6.45) is 1.19. The lowest BCUT2D eigenvalue weighted by molar-refractivity contribution is 0.168. The summed E-state index contributed by atoms with van der Waals surface area (Å²) in [7, 11) is 0. The molecule has 0 fully saturated rings. The first-order chi connectivity index (χ1) is 12.2. The van der Waals surface area contributed by atoms with E-state index in [1.54, 1.807) is 0 Å². The molecule has 4 nitrogen and oxygen atoms in total. The van der Waals surface area contributed by atoms with Gasteiger partial charge in [0.15, 0.2) is 5.96 Å². The maximum atomic E-state index is 10.2. The van der Waals surface area contributed by atoms with Crippen LogP contribution in [0.15, 0.2) is 59.6 Å². The van der Waals surface area contributed by atoms with Gasteiger partial charge in [-0.15, -0.1) is 24.0 Å². The topological polar surface area (TPSA) is 56.7 Å². The Morgan fingerprint density at radius 2 is 1.62 bits per heavy atom. The molecule has 2 aromatic rings. The van der Waals surface area contributed by atoms with Crippen LogP contribution < -0.4 is 10.6 Å². The third-order valence-electron chi connectivity index (χ3n) is 4.15. The van der Waals surface area contributed by atoms with Crippen LogP contribution in [0.1, 0.15) is 43.1 Å². The van der Waals surface area contributed by atoms with Gasteiger partial charge in [-0.3, -0.25) is 0 Å². The standard InChI is InChI=1S/C21H29N3O.HI/c1-3-17-10-8-9-13-19(17)16-24-21(22-4-2)23-15-14-20(25)18-11-6-5-7-12-18;/h5-13,20,25H,3-4,14-16H2,1-2H3,(H2,22,23,24);1H. The summed E-state index contributed by atoms with van der Waals surface area (Å²) in [6, 6.07) is 18.2. The van der Waals surface area contributed by atoms with Gasteiger partial charge in [0.1, 0.15) is 0 Å². The van der Waals surface area contributed by atoms with Crippen molar-refractivity contribution in [2.24, 2.45) is 4.99 Å². The van der Waals surface area contributed by atoms with E-state index < -0.39 is 6.10 Å². The van der Waals surface area contributed by atoms with Crippen LogP contribution >= 0.6 is 24.0 Å². The highest BCUT2D eigenvalue weighted by molar-refractivity contribution is 14.0. The number of hydrogen-bond donors (Lipinski definition) is 3. The second-order valence-electron chi connectivity index (χ2n) is 5.96. The molecule has 0 amide bonds. The maximum Gasteiger partial charge on any atom is 0.191 e. The Hall–Kier alpha value is -1.60. The second-order valence-corrected chi connectivity index (χ2v) is 5.96. The SMILES string of the molecule is CCNC(=NCc1ccccc1CC)NCCC(O)c1ccccc1.I. The Bertz CT molecular complexity index is 661. The van der Waals surface area contributed by atoms with Crippen molar-refractivity contribution in [3.8, 4) is 0 Å². The van der Waals surface area contributed by atoms with Gasteiger partial charge in [-0.1, -0.05) is 61.5 Å². The lowest BCUT2D eigenvalue weighted by Crippen LogP contribution is -2.38. The molecule has 0 bridgehead atoms. The predicted octanol–water partition coefficient (Wildman–Crippen LogP) is 4.05. The van der Waals surface area contributed by atoms with E-state index in [0.29, 0.717) is 19.5 Å². The van der Waals surface area contributed by atoms with Gasteiger partial charge >= 0.3 is 0 Å². The van der Waals surface area contributed by atoms with Crippen molar-refractivity contribution < 1.29 is 5.11 Å². The van der Waals surface area contributed by atoms with E-state index in [0.717, 1.165) is 24.5 Å². The summed E-state index contributed by atoms with van der Waals surface area (Å²) in [5.74, 6) is 0.786. The van der Waals surface area contributed by atoms with Gasteiger partial charge in [-0.05, 0) is 36.5 Å². The molecule has 0 heterocycles. The fourth-order valence-electron chi connectivity index (χ4n) is 2.73. The molecule has 0 aliphatic carbocycles. The van der Waals surface area contributed by atoms with E-state index in [1.807, 2.05) is 30.3 Å². The Morgan fingerprint density at radius 3 is 2.27 bits per heavy atom. The van der Waals surface area contributed by atoms with Crippen molar-refractivity contribution in [1.82, 2.24) is 10.6 Å². The number of aliphatic imine (C=N–C) groups is 1. The highest BCUT2D eigenvalue weighted by Crippen LogP contribution is 2.15. The smallest absolute Gasteiger partial charge is 0.191 e. The van der Waals surface area contributed by atoms with Crippen LogP contribution in [-0.2, 0) is 13.0 Å². The molecule has 3 N–H and O–H groups in total. The van der Waals surface area contributed by atoms with Gasteiger partial charge in [0.05, 0.1) is 12.6 Å². The molecule has 0 saturated carbocycles. The molecule has 0 aliphatic heterocycles. The molecule has 2 rings (SSSR count). The Morgan fingerprint density at radius 1 is 0.962 bits per heavy atom. The number of benzene rings is 2. The molecule has 26 heavy (non-hydrogen) atoms. The van der Waals surface area contributed by atoms with E-state index in [9.17, 15) is 5.11 Å². The fourth-order valence-corrected chi connectivity index (χ4v) is 2.73. The van der Waals surface area contributed by atoms with Crippen molar-refractivity contribution in [3.63, 3.8) is 0 Å². The number of aliphatic hydroxyl groups excluding tert-OH is 1. The van der Waals surface area contributed by atoms with Crippen molar-refractivity contribution in [2.45, 2.75) is 39.3 Å². The van der Waals surface area contributed by atoms with Gasteiger partial charge < -0.3 is 15.7 Å². The third-order valence-corrected chi connectivity index (χ3v) is 4.15. The van der Waals surface area contributed by atoms with Crippen LogP contribution in [0.4, 0.5) is 0 Å². The monoisotopic (exact) mass is 467 g/mol. The van der Waals surface area contributed by atoms with Crippen LogP contribution in [-0.4, -0.2) is 24.2 Å². The molecule has 5 heteroatoms. The van der Waals surface area contributed by atoms with Crippen LogP contribution in [0.25, 0.3) is 0 Å². The zero-order chi connectivity index (χ0) is 17.9. The molecule has 1 atom stereocenters. The van der Waals surface area contributed by atoms with Crippen molar-refractivity contribution in [3.05, 3.63) is 71.3 Å². The molecule has 0 aromatic heterocycles. The molecule has 0 aliphatic rings. The van der Waals surface area contributed by atoms with Crippen molar-refractivity contribution in [1.29, 1.82) is 0 Å². The number of rotatable bonds is 8. The quantitative estimate of drug-likeness (QED) is 0.312. The van der Waals surface area contributed by atoms with Gasteiger partial charge in [-0.25, -0.2) is 4.99 Å². The van der Waals surface area contributed by atoms with Gasteiger partial charge in [-0.2, -0.15) is 0 Å². The average Bonchev–Trinajstić information content (AvgIpc) is 2.66. The average molecular weight is 467 g/mol. The van der Waals surface area contributed by atoms with E-state index in [2.05, 4.69) is 53.7 Å². The first kappa shape index (κ1) is 22.4. The van der Waals surface area contributed by atoms with Crippen molar-refractivity contribution >= 4 is 29.9 Å². The molecular formula is C21H30IN3O. The molecule has 2 aromatic carbocycles. The van der Waals surface area contributed by atoms with E-state index in [4.69, 9.17) is 0 Å². The Balaban J connectivity index is 0.00000338. The minimum Gasteiger partial charge on any atom is -0.388 e. The molecular weight excluding hydrogens is 437 g/mol. The highest BCUT2D eigenvalue weighted by Gasteiger charge is 2.07. The minimum atomic E-state index is -0.461. The minimum absolute atomic E-state index is 0. The molecule has 142 valence electrons. The van der Waals surface area contributed by atoms with E-state index >= 15 is 0 Å². The highest BCUT2D eigenvalue weighted by atomic mass is 127. The van der Waals surface area contributed by atoms with Crippen LogP contribution in [0.5, 0.6) is 0 Å². The number of halogens is 1. The Kier molecular flexibility index (Phi) is 11.0. The lowest BCUT2D eigenvalue weighted by atomic mass is 10.1. The Labute approximate surface area is 174 Å². The van der Waals surface area contributed by atoms with Crippen molar-refractivity contribution in [2.75, 3.05) is 13.1 Å². The van der Waals surface area contributed by atoms with Gasteiger partial charge in [0.2, 0.25) is 0 Å². The predicted molar refractivity (Wildman–Crippen MR) is 120 cm³/mol. The summed E-state index contributed by atoms with van der Waals surface area (Å²) >= 11 is 0. The summed E-state index contributed by atoms with van der Waals surface area (Å²) in [5, 5.41) is 16.8. The maximum absolute atomic E-state index is 10.2. The van der Waals surface area contributed by atoms with Crippen LogP contribution in [0.3, 0.4) is 0 Å². The van der Waals surface area contributed by atoms with Gasteiger partial charge in [0.25, 0.3) is 0 Å². The molecule has 0 radical (unpaired) electrons. The number of aliphatic hydroxyl groups is 1. The first-order valence-corrected chi connectivity index (χ1v) is 9.06. The summed E-state index contributed by atoms with van der Waals surface area (Å²) in [5.41, 5.74) is 3.54. The number of hydrogen-bond acceptors (Lipinski definition) is 2. The summed E-state index contributed by atoms with van der Waals surface area (Å²) in [6.45, 7) is 6.34. The number of aryl methyl sites for hydroxylation is 1. The normalized spacial score (nSPS) is 12.2. The lowest BCUT2D eigenvalue weighted by Gasteiger charge is -2.15. The number of nitrogens with one attached hydrogen (secondary N) is 2. The fraction of sp³-hybridized carbons (Fsp3) is 0.381. The van der Waals surface area contributed by atoms with E-state index in [-0.39, 0.29) is 24.0 Å².